The van der Waals surface area contributed by atoms with Gasteiger partial charge in [-0.15, -0.1) is 12.4 Å². The van der Waals surface area contributed by atoms with E-state index in [0.717, 1.165) is 19.0 Å². The lowest BCUT2D eigenvalue weighted by Gasteiger charge is -2.15. The van der Waals surface area contributed by atoms with Crippen LogP contribution in [0, 0.1) is 0 Å². The Hall–Kier alpha value is -3.10. The molecular weight excluding hydrogens is 441 g/mol. The second kappa shape index (κ2) is 8.44. The summed E-state index contributed by atoms with van der Waals surface area (Å²) in [6.45, 7) is 1.40. The number of hydrogen-bond donors (Lipinski definition) is 1. The highest BCUT2D eigenvalue weighted by Crippen LogP contribution is 2.38. The molecule has 5 nitrogen and oxygen atoms in total. The van der Waals surface area contributed by atoms with Gasteiger partial charge in [-0.3, -0.25) is 9.13 Å². The predicted octanol–water partition coefficient (Wildman–Crippen LogP) is 4.83. The van der Waals surface area contributed by atoms with Crippen LogP contribution < -0.4 is 11.0 Å². The molecule has 2 aromatic carbocycles. The number of nitrogens with zero attached hydrogens (tertiary/aromatic N) is 3. The lowest BCUT2D eigenvalue weighted by molar-refractivity contribution is -0.137. The van der Waals surface area contributed by atoms with Crippen molar-refractivity contribution in [1.29, 1.82) is 0 Å². The monoisotopic (exact) mass is 460 g/mol. The lowest BCUT2D eigenvalue weighted by Crippen LogP contribution is -2.28. The molecular formula is C23H20ClF3N4O. The Balaban J connectivity index is 0.00000245. The van der Waals surface area contributed by atoms with Gasteiger partial charge in [0.05, 0.1) is 22.8 Å². The molecule has 1 atom stereocenters. The van der Waals surface area contributed by atoms with E-state index in [1.807, 2.05) is 0 Å². The fourth-order valence-electron chi connectivity index (χ4n) is 4.26. The molecule has 0 aliphatic carbocycles. The van der Waals surface area contributed by atoms with Crippen molar-refractivity contribution in [3.8, 4) is 16.8 Å². The van der Waals surface area contributed by atoms with Crippen LogP contribution in [0.1, 0.15) is 18.0 Å². The van der Waals surface area contributed by atoms with Gasteiger partial charge in [0.1, 0.15) is 0 Å². The van der Waals surface area contributed by atoms with Crippen LogP contribution in [0.5, 0.6) is 0 Å². The van der Waals surface area contributed by atoms with Gasteiger partial charge >= 0.3 is 11.9 Å². The summed E-state index contributed by atoms with van der Waals surface area (Å²) in [5.41, 5.74) is 0.501. The summed E-state index contributed by atoms with van der Waals surface area (Å²) in [6, 6.07) is 15.8. The van der Waals surface area contributed by atoms with Crippen molar-refractivity contribution in [1.82, 2.24) is 19.4 Å². The van der Waals surface area contributed by atoms with Gasteiger partial charge < -0.3 is 5.32 Å². The van der Waals surface area contributed by atoms with Crippen molar-refractivity contribution in [2.45, 2.75) is 18.6 Å². The largest absolute Gasteiger partial charge is 0.417 e. The van der Waals surface area contributed by atoms with E-state index in [4.69, 9.17) is 0 Å². The van der Waals surface area contributed by atoms with Crippen molar-refractivity contribution in [3.05, 3.63) is 82.9 Å². The molecule has 4 aromatic rings. The Kier molecular flexibility index (Phi) is 5.83. The normalized spacial score (nSPS) is 16.3. The van der Waals surface area contributed by atoms with Crippen LogP contribution >= 0.6 is 12.4 Å². The van der Waals surface area contributed by atoms with Crippen LogP contribution in [-0.4, -0.2) is 27.2 Å². The van der Waals surface area contributed by atoms with Crippen LogP contribution in [-0.2, 0) is 6.18 Å². The van der Waals surface area contributed by atoms with E-state index in [-0.39, 0.29) is 35.4 Å². The molecule has 32 heavy (non-hydrogen) atoms. The van der Waals surface area contributed by atoms with Crippen LogP contribution in [0.15, 0.2) is 71.7 Å². The Morgan fingerprint density at radius 1 is 1.03 bits per heavy atom. The zero-order valence-electron chi connectivity index (χ0n) is 16.8. The van der Waals surface area contributed by atoms with Gasteiger partial charge in [0, 0.05) is 12.7 Å². The Bertz CT molecular complexity index is 1310. The van der Waals surface area contributed by atoms with Crippen LogP contribution in [0.4, 0.5) is 13.2 Å². The second-order valence-electron chi connectivity index (χ2n) is 7.57. The summed E-state index contributed by atoms with van der Waals surface area (Å²) in [5.74, 6) is 0. The van der Waals surface area contributed by atoms with Crippen molar-refractivity contribution >= 4 is 23.6 Å². The number of fused-ring (bicyclic) bond motifs is 1. The zero-order chi connectivity index (χ0) is 21.6. The minimum atomic E-state index is -4.57. The summed E-state index contributed by atoms with van der Waals surface area (Å²) in [7, 11) is 0. The summed E-state index contributed by atoms with van der Waals surface area (Å²) < 4.78 is 44.9. The first-order chi connectivity index (χ1) is 14.9. The molecule has 1 aliphatic rings. The molecule has 0 amide bonds. The highest BCUT2D eigenvalue weighted by Gasteiger charge is 2.34. The molecule has 2 aromatic heterocycles. The molecule has 5 rings (SSSR count). The van der Waals surface area contributed by atoms with Crippen LogP contribution in [0.25, 0.3) is 28.0 Å². The zero-order valence-corrected chi connectivity index (χ0v) is 17.7. The smallest absolute Gasteiger partial charge is 0.315 e. The average molecular weight is 461 g/mol. The number of pyridine rings is 1. The standard InChI is InChI=1S/C23H19F3N4O.ClH/c24-23(25,26)19-13-16(8-9-18(19)15-5-2-1-3-6-15)29-20-7-4-11-28-21(20)30(22(29)31)17-10-12-27-14-17;/h1-9,11,13,17,27H,10,12,14H2;1H. The topological polar surface area (TPSA) is 51.9 Å². The van der Waals surface area contributed by atoms with E-state index in [1.54, 1.807) is 59.3 Å². The van der Waals surface area contributed by atoms with Gasteiger partial charge in [0.25, 0.3) is 0 Å². The summed E-state index contributed by atoms with van der Waals surface area (Å²) >= 11 is 0. The maximum absolute atomic E-state index is 14.0. The van der Waals surface area contributed by atoms with Crippen molar-refractivity contribution in [2.75, 3.05) is 13.1 Å². The molecule has 3 heterocycles. The third-order valence-corrected chi connectivity index (χ3v) is 5.68. The molecule has 0 radical (unpaired) electrons. The molecule has 1 fully saturated rings. The van der Waals surface area contributed by atoms with Gasteiger partial charge in [-0.05, 0) is 48.4 Å². The first-order valence-electron chi connectivity index (χ1n) is 10.0. The summed E-state index contributed by atoms with van der Waals surface area (Å²) in [4.78, 5) is 17.7. The molecule has 1 saturated heterocycles. The van der Waals surface area contributed by atoms with Crippen molar-refractivity contribution in [3.63, 3.8) is 0 Å². The third kappa shape index (κ3) is 3.69. The fourth-order valence-corrected chi connectivity index (χ4v) is 4.26. The molecule has 1 aliphatic heterocycles. The average Bonchev–Trinajstić information content (AvgIpc) is 3.38. The maximum atomic E-state index is 14.0. The number of nitrogens with one attached hydrogen (secondary N) is 1. The van der Waals surface area contributed by atoms with E-state index in [0.29, 0.717) is 23.3 Å². The molecule has 0 saturated carbocycles. The minimum Gasteiger partial charge on any atom is -0.315 e. The van der Waals surface area contributed by atoms with Crippen LogP contribution in [0.2, 0.25) is 0 Å². The predicted molar refractivity (Wildman–Crippen MR) is 120 cm³/mol. The van der Waals surface area contributed by atoms with E-state index in [2.05, 4.69) is 10.3 Å². The Morgan fingerprint density at radius 3 is 2.50 bits per heavy atom. The molecule has 0 bridgehead atoms. The SMILES string of the molecule is Cl.O=c1n(-c2ccc(-c3ccccc3)c(C(F)(F)F)c2)c2cccnc2n1C1CCNC1. The van der Waals surface area contributed by atoms with Crippen molar-refractivity contribution < 1.29 is 13.2 Å². The highest BCUT2D eigenvalue weighted by atomic mass is 35.5. The maximum Gasteiger partial charge on any atom is 0.417 e. The van der Waals surface area contributed by atoms with Gasteiger partial charge in [-0.25, -0.2) is 9.78 Å². The number of imidazole rings is 1. The minimum absolute atomic E-state index is 0. The van der Waals surface area contributed by atoms with Crippen LogP contribution in [0.3, 0.4) is 0 Å². The fraction of sp³-hybridized carbons (Fsp3) is 0.217. The third-order valence-electron chi connectivity index (χ3n) is 5.68. The molecule has 0 spiro atoms. The summed E-state index contributed by atoms with van der Waals surface area (Å²) in [6.07, 6.45) is -2.22. The molecule has 9 heteroatoms. The van der Waals surface area contributed by atoms with Crippen molar-refractivity contribution in [2.24, 2.45) is 0 Å². The quantitative estimate of drug-likeness (QED) is 0.476. The van der Waals surface area contributed by atoms with E-state index >= 15 is 0 Å². The van der Waals surface area contributed by atoms with E-state index < -0.39 is 11.7 Å². The number of halogens is 4. The first-order valence-corrected chi connectivity index (χ1v) is 10.0. The first kappa shape index (κ1) is 22.1. The van der Waals surface area contributed by atoms with Gasteiger partial charge in [-0.2, -0.15) is 13.2 Å². The van der Waals surface area contributed by atoms with Gasteiger partial charge in [0.2, 0.25) is 0 Å². The van der Waals surface area contributed by atoms with E-state index in [1.165, 1.54) is 10.6 Å². The molecule has 1 N–H and O–H groups in total. The molecule has 1 unspecified atom stereocenters. The van der Waals surface area contributed by atoms with Gasteiger partial charge in [0.15, 0.2) is 5.65 Å². The number of alkyl halides is 3. The molecule has 166 valence electrons. The second-order valence-corrected chi connectivity index (χ2v) is 7.57. The van der Waals surface area contributed by atoms with E-state index in [9.17, 15) is 18.0 Å². The lowest BCUT2D eigenvalue weighted by atomic mass is 9.98. The number of benzene rings is 2. The van der Waals surface area contributed by atoms with Gasteiger partial charge in [-0.1, -0.05) is 36.4 Å². The highest BCUT2D eigenvalue weighted by molar-refractivity contribution is 5.85. The Labute approximate surface area is 187 Å². The Morgan fingerprint density at radius 2 is 1.81 bits per heavy atom. The number of rotatable bonds is 3. The number of hydrogen-bond acceptors (Lipinski definition) is 3. The number of aromatic nitrogens is 3. The summed E-state index contributed by atoms with van der Waals surface area (Å²) in [5, 5.41) is 3.22.